The van der Waals surface area contributed by atoms with Gasteiger partial charge in [0, 0.05) is 19.0 Å². The third kappa shape index (κ3) is 2.14. The van der Waals surface area contributed by atoms with Gasteiger partial charge in [0.15, 0.2) is 0 Å². The summed E-state index contributed by atoms with van der Waals surface area (Å²) in [4.78, 5) is 2.44. The fourth-order valence-corrected chi connectivity index (χ4v) is 4.40. The van der Waals surface area contributed by atoms with E-state index in [1.807, 2.05) is 13.0 Å². The van der Waals surface area contributed by atoms with Crippen LogP contribution in [-0.4, -0.2) is 23.6 Å². The zero-order chi connectivity index (χ0) is 15.3. The van der Waals surface area contributed by atoms with Gasteiger partial charge in [0.05, 0.1) is 0 Å². The minimum Gasteiger partial charge on any atom is -0.508 e. The molecule has 2 aromatic carbocycles. The van der Waals surface area contributed by atoms with E-state index in [1.165, 1.54) is 35.1 Å². The summed E-state index contributed by atoms with van der Waals surface area (Å²) in [5.74, 6) is 1.50. The van der Waals surface area contributed by atoms with Crippen LogP contribution in [0.1, 0.15) is 40.2 Å². The normalized spacial score (nSPS) is 24.1. The molecule has 0 amide bonds. The first-order valence-corrected chi connectivity index (χ1v) is 8.22. The van der Waals surface area contributed by atoms with Crippen LogP contribution < -0.4 is 0 Å². The maximum absolute atomic E-state index is 10.3. The van der Waals surface area contributed by atoms with E-state index in [9.17, 15) is 5.11 Å². The monoisotopic (exact) mass is 293 g/mol. The summed E-state index contributed by atoms with van der Waals surface area (Å²) in [5.41, 5.74) is 6.65. The summed E-state index contributed by atoms with van der Waals surface area (Å²) < 4.78 is 0. The lowest BCUT2D eigenvalue weighted by atomic mass is 9.71. The lowest BCUT2D eigenvalue weighted by Crippen LogP contribution is -2.29. The zero-order valence-corrected chi connectivity index (χ0v) is 13.3. The van der Waals surface area contributed by atoms with Crippen molar-refractivity contribution >= 4 is 0 Å². The quantitative estimate of drug-likeness (QED) is 0.797. The summed E-state index contributed by atoms with van der Waals surface area (Å²) in [6.45, 7) is 4.10. The lowest BCUT2D eigenvalue weighted by molar-refractivity contribution is 0.254. The molecule has 0 aromatic heterocycles. The molecule has 2 heteroatoms. The number of hydrogen-bond acceptors (Lipinski definition) is 2. The highest BCUT2D eigenvalue weighted by atomic mass is 16.3. The average Bonchev–Trinajstić information content (AvgIpc) is 2.63. The van der Waals surface area contributed by atoms with Gasteiger partial charge in [0.1, 0.15) is 5.75 Å². The second-order valence-corrected chi connectivity index (χ2v) is 7.01. The van der Waals surface area contributed by atoms with Crippen LogP contribution in [-0.2, 0) is 13.0 Å². The van der Waals surface area contributed by atoms with Crippen molar-refractivity contribution in [1.29, 1.82) is 0 Å². The Morgan fingerprint density at radius 1 is 1.09 bits per heavy atom. The van der Waals surface area contributed by atoms with E-state index in [-0.39, 0.29) is 0 Å². The molecule has 2 aliphatic rings. The third-order valence-corrected chi connectivity index (χ3v) is 5.43. The van der Waals surface area contributed by atoms with Crippen LogP contribution >= 0.6 is 0 Å². The van der Waals surface area contributed by atoms with Crippen LogP contribution in [0.15, 0.2) is 36.4 Å². The van der Waals surface area contributed by atoms with Crippen molar-refractivity contribution < 1.29 is 5.11 Å². The molecule has 0 spiro atoms. The molecule has 22 heavy (non-hydrogen) atoms. The van der Waals surface area contributed by atoms with Crippen LogP contribution in [0.4, 0.5) is 0 Å². The van der Waals surface area contributed by atoms with Crippen LogP contribution in [0.3, 0.4) is 0 Å². The minimum atomic E-state index is 0.427. The first-order chi connectivity index (χ1) is 10.6. The van der Waals surface area contributed by atoms with E-state index in [0.717, 1.165) is 18.7 Å². The summed E-state index contributed by atoms with van der Waals surface area (Å²) >= 11 is 0. The Morgan fingerprint density at radius 3 is 2.77 bits per heavy atom. The van der Waals surface area contributed by atoms with Gasteiger partial charge in [-0.3, -0.25) is 0 Å². The van der Waals surface area contributed by atoms with E-state index in [0.29, 0.717) is 17.6 Å². The van der Waals surface area contributed by atoms with E-state index in [1.54, 1.807) is 0 Å². The van der Waals surface area contributed by atoms with Crippen molar-refractivity contribution in [1.82, 2.24) is 4.90 Å². The number of phenolic OH excluding ortho intramolecular Hbond substituents is 1. The van der Waals surface area contributed by atoms with Gasteiger partial charge < -0.3 is 10.0 Å². The molecule has 1 N–H and O–H groups in total. The molecule has 2 aromatic rings. The predicted molar refractivity (Wildman–Crippen MR) is 89.3 cm³/mol. The van der Waals surface area contributed by atoms with Gasteiger partial charge in [-0.15, -0.1) is 0 Å². The molecule has 2 nitrogen and oxygen atoms in total. The molecule has 0 fully saturated rings. The second kappa shape index (κ2) is 5.13. The maximum atomic E-state index is 10.3. The van der Waals surface area contributed by atoms with Gasteiger partial charge in [-0.05, 0) is 66.6 Å². The smallest absolute Gasteiger partial charge is 0.118 e. The summed E-state index contributed by atoms with van der Waals surface area (Å²) in [5, 5.41) is 10.3. The Labute approximate surface area is 132 Å². The summed E-state index contributed by atoms with van der Waals surface area (Å²) in [6.07, 6.45) is 2.42. The molecule has 0 saturated heterocycles. The molecule has 1 heterocycles. The molecule has 0 bridgehead atoms. The molecule has 4 rings (SSSR count). The molecule has 1 aliphatic heterocycles. The van der Waals surface area contributed by atoms with E-state index >= 15 is 0 Å². The van der Waals surface area contributed by atoms with Crippen LogP contribution in [0.2, 0.25) is 0 Å². The SMILES string of the molecule is Cc1cc2c(cc1O)C1c3ccccc3CCC1CN(C)C2. The maximum Gasteiger partial charge on any atom is 0.118 e. The molecule has 0 saturated carbocycles. The van der Waals surface area contributed by atoms with E-state index in [2.05, 4.69) is 42.3 Å². The predicted octanol–water partition coefficient (Wildman–Crippen LogP) is 3.84. The Hall–Kier alpha value is -1.80. The molecule has 2 unspecified atom stereocenters. The highest BCUT2D eigenvalue weighted by Gasteiger charge is 2.35. The molecule has 1 aliphatic carbocycles. The van der Waals surface area contributed by atoms with Crippen molar-refractivity contribution in [3.05, 3.63) is 64.2 Å². The van der Waals surface area contributed by atoms with Crippen LogP contribution in [0.25, 0.3) is 0 Å². The van der Waals surface area contributed by atoms with Gasteiger partial charge >= 0.3 is 0 Å². The van der Waals surface area contributed by atoms with Crippen molar-refractivity contribution in [3.8, 4) is 5.75 Å². The van der Waals surface area contributed by atoms with Crippen LogP contribution in [0, 0.1) is 12.8 Å². The number of phenols is 1. The number of nitrogens with zero attached hydrogens (tertiary/aromatic N) is 1. The number of benzene rings is 2. The summed E-state index contributed by atoms with van der Waals surface area (Å²) in [7, 11) is 2.22. The average molecular weight is 293 g/mol. The van der Waals surface area contributed by atoms with Gasteiger partial charge in [0.25, 0.3) is 0 Å². The Bertz CT molecular complexity index is 722. The lowest BCUT2D eigenvalue weighted by Gasteiger charge is -2.34. The Balaban J connectivity index is 1.94. The zero-order valence-electron chi connectivity index (χ0n) is 13.3. The van der Waals surface area contributed by atoms with Crippen molar-refractivity contribution in [2.24, 2.45) is 5.92 Å². The highest BCUT2D eigenvalue weighted by molar-refractivity contribution is 5.49. The molecule has 0 radical (unpaired) electrons. The Morgan fingerprint density at radius 2 is 1.91 bits per heavy atom. The standard InChI is InChI=1S/C20H23NO/c1-13-9-16-12-21(2)11-15-8-7-14-5-3-4-6-17(14)20(15)18(16)10-19(13)22/h3-6,9-10,15,20,22H,7-8,11-12H2,1-2H3. The first-order valence-electron chi connectivity index (χ1n) is 8.22. The highest BCUT2D eigenvalue weighted by Crippen LogP contribution is 2.45. The van der Waals surface area contributed by atoms with Gasteiger partial charge in [-0.25, -0.2) is 0 Å². The number of fused-ring (bicyclic) bond motifs is 5. The topological polar surface area (TPSA) is 23.5 Å². The Kier molecular flexibility index (Phi) is 3.23. The van der Waals surface area contributed by atoms with Gasteiger partial charge in [-0.1, -0.05) is 30.3 Å². The van der Waals surface area contributed by atoms with Gasteiger partial charge in [-0.2, -0.15) is 0 Å². The van der Waals surface area contributed by atoms with Crippen molar-refractivity contribution in [3.63, 3.8) is 0 Å². The fourth-order valence-electron chi connectivity index (χ4n) is 4.40. The molecule has 114 valence electrons. The van der Waals surface area contributed by atoms with Crippen LogP contribution in [0.5, 0.6) is 5.75 Å². The molecular weight excluding hydrogens is 270 g/mol. The molecule has 2 atom stereocenters. The third-order valence-electron chi connectivity index (χ3n) is 5.43. The van der Waals surface area contributed by atoms with Crippen molar-refractivity contribution in [2.75, 3.05) is 13.6 Å². The second-order valence-electron chi connectivity index (χ2n) is 7.01. The fraction of sp³-hybridized carbons (Fsp3) is 0.400. The molecular formula is C20H23NO. The van der Waals surface area contributed by atoms with E-state index < -0.39 is 0 Å². The number of aromatic hydroxyl groups is 1. The largest absolute Gasteiger partial charge is 0.508 e. The number of rotatable bonds is 0. The number of aryl methyl sites for hydroxylation is 2. The summed E-state index contributed by atoms with van der Waals surface area (Å²) in [6, 6.07) is 13.1. The number of hydrogen-bond donors (Lipinski definition) is 1. The van der Waals surface area contributed by atoms with Crippen molar-refractivity contribution in [2.45, 2.75) is 32.2 Å². The first kappa shape index (κ1) is 13.8. The minimum absolute atomic E-state index is 0.427. The van der Waals surface area contributed by atoms with E-state index in [4.69, 9.17) is 0 Å². The van der Waals surface area contributed by atoms with Gasteiger partial charge in [0.2, 0.25) is 0 Å².